The Morgan fingerprint density at radius 1 is 1.38 bits per heavy atom. The van der Waals surface area contributed by atoms with Crippen molar-refractivity contribution >= 4 is 27.4 Å². The number of carboxylic acids is 1. The lowest BCUT2D eigenvalue weighted by Gasteiger charge is -2.03. The second-order valence-electron chi connectivity index (χ2n) is 4.32. The summed E-state index contributed by atoms with van der Waals surface area (Å²) >= 11 is 5.55. The van der Waals surface area contributed by atoms with Crippen molar-refractivity contribution in [2.24, 2.45) is 0 Å². The Balaban J connectivity index is 2.35. The molecule has 0 atom stereocenters. The first-order valence-electron chi connectivity index (χ1n) is 5.71. The van der Waals surface area contributed by atoms with Gasteiger partial charge in [-0.15, -0.1) is 0 Å². The van der Waals surface area contributed by atoms with Crippen LogP contribution in [-0.4, -0.2) is 19.5 Å². The first kappa shape index (κ1) is 15.5. The molecule has 1 aromatic carbocycles. The molecule has 0 fully saturated rings. The number of furan rings is 1. The molecule has 0 saturated carbocycles. The summed E-state index contributed by atoms with van der Waals surface area (Å²) in [5, 5.41) is 8.59. The minimum atomic E-state index is -3.82. The van der Waals surface area contributed by atoms with Crippen molar-refractivity contribution in [2.75, 3.05) is 0 Å². The Hall–Kier alpha value is -1.86. The molecule has 0 saturated heterocycles. The van der Waals surface area contributed by atoms with Crippen LogP contribution in [0.25, 0.3) is 0 Å². The van der Waals surface area contributed by atoms with Crippen molar-refractivity contribution in [1.82, 2.24) is 0 Å². The predicted molar refractivity (Wildman–Crippen MR) is 72.7 cm³/mol. The number of aryl methyl sites for hydroxylation is 1. The second kappa shape index (κ2) is 5.50. The monoisotopic (exact) mass is 332 g/mol. The van der Waals surface area contributed by atoms with Crippen LogP contribution in [0.5, 0.6) is 0 Å². The molecule has 21 heavy (non-hydrogen) atoms. The molecule has 0 spiro atoms. The number of hydrogen-bond donors (Lipinski definition) is 1. The average Bonchev–Trinajstić information content (AvgIpc) is 2.72. The van der Waals surface area contributed by atoms with Gasteiger partial charge in [-0.3, -0.25) is 0 Å². The zero-order valence-corrected chi connectivity index (χ0v) is 12.3. The highest BCUT2D eigenvalue weighted by Crippen LogP contribution is 2.24. The highest BCUT2D eigenvalue weighted by atomic mass is 35.5. The third kappa shape index (κ3) is 3.25. The van der Waals surface area contributed by atoms with E-state index in [2.05, 4.69) is 0 Å². The van der Waals surface area contributed by atoms with Crippen molar-refractivity contribution in [1.29, 1.82) is 0 Å². The second-order valence-corrected chi connectivity index (χ2v) is 6.72. The van der Waals surface area contributed by atoms with Crippen LogP contribution in [0, 0.1) is 12.7 Å². The van der Waals surface area contributed by atoms with Crippen LogP contribution in [0.3, 0.4) is 0 Å². The van der Waals surface area contributed by atoms with Crippen molar-refractivity contribution in [3.05, 3.63) is 52.2 Å². The number of benzene rings is 1. The van der Waals surface area contributed by atoms with Crippen LogP contribution in [-0.2, 0) is 15.6 Å². The molecule has 1 aromatic heterocycles. The van der Waals surface area contributed by atoms with Gasteiger partial charge < -0.3 is 9.52 Å². The van der Waals surface area contributed by atoms with Gasteiger partial charge in [0.2, 0.25) is 0 Å². The molecule has 0 aliphatic carbocycles. The molecule has 2 rings (SSSR count). The molecular formula is C13H10ClFO5S. The summed E-state index contributed by atoms with van der Waals surface area (Å²) in [6.45, 7) is 1.42. The molecule has 112 valence electrons. The molecule has 0 radical (unpaired) electrons. The van der Waals surface area contributed by atoms with Crippen molar-refractivity contribution in [3.8, 4) is 0 Å². The molecule has 0 aliphatic heterocycles. The van der Waals surface area contributed by atoms with Gasteiger partial charge in [0.1, 0.15) is 28.7 Å². The van der Waals surface area contributed by atoms with Crippen LogP contribution in [0.15, 0.2) is 33.6 Å². The molecular weight excluding hydrogens is 323 g/mol. The summed E-state index contributed by atoms with van der Waals surface area (Å²) in [5.74, 6) is -2.36. The lowest BCUT2D eigenvalue weighted by molar-refractivity contribution is 0.0695. The Bertz CT molecular complexity index is 810. The smallest absolute Gasteiger partial charge is 0.339 e. The fourth-order valence-corrected chi connectivity index (χ4v) is 3.27. The number of sulfone groups is 1. The fourth-order valence-electron chi connectivity index (χ4n) is 1.77. The van der Waals surface area contributed by atoms with E-state index in [1.54, 1.807) is 0 Å². The van der Waals surface area contributed by atoms with E-state index in [1.807, 2.05) is 0 Å². The number of aromatic carboxylic acids is 1. The molecule has 0 unspecified atom stereocenters. The lowest BCUT2D eigenvalue weighted by atomic mass is 10.2. The van der Waals surface area contributed by atoms with Gasteiger partial charge in [0, 0.05) is 0 Å². The van der Waals surface area contributed by atoms with Gasteiger partial charge in [-0.25, -0.2) is 17.6 Å². The SMILES string of the molecule is Cc1oc(CS(=O)(=O)c2ccc(F)c(Cl)c2)cc1C(=O)O. The molecule has 1 heterocycles. The van der Waals surface area contributed by atoms with Crippen LogP contribution in [0.4, 0.5) is 4.39 Å². The largest absolute Gasteiger partial charge is 0.478 e. The van der Waals surface area contributed by atoms with E-state index < -0.39 is 27.4 Å². The first-order valence-corrected chi connectivity index (χ1v) is 7.74. The first-order chi connectivity index (χ1) is 9.70. The standard InChI is InChI=1S/C13H10ClFO5S/c1-7-10(13(16)17)4-8(20-7)6-21(18,19)9-2-3-12(15)11(14)5-9/h2-5H,6H2,1H3,(H,16,17). The normalized spacial score (nSPS) is 11.6. The van der Waals surface area contributed by atoms with Crippen LogP contribution in [0.1, 0.15) is 21.9 Å². The Labute approximate surface area is 124 Å². The van der Waals surface area contributed by atoms with Crippen molar-refractivity contribution < 1.29 is 27.1 Å². The molecule has 0 bridgehead atoms. The van der Waals surface area contributed by atoms with Gasteiger partial charge >= 0.3 is 5.97 Å². The lowest BCUT2D eigenvalue weighted by Crippen LogP contribution is -2.04. The number of carboxylic acid groups (broad SMARTS) is 1. The highest BCUT2D eigenvalue weighted by molar-refractivity contribution is 7.90. The maximum Gasteiger partial charge on any atom is 0.339 e. The Morgan fingerprint density at radius 2 is 2.05 bits per heavy atom. The molecule has 2 aromatic rings. The van der Waals surface area contributed by atoms with E-state index in [0.717, 1.165) is 24.3 Å². The highest BCUT2D eigenvalue weighted by Gasteiger charge is 2.21. The third-order valence-electron chi connectivity index (χ3n) is 2.78. The topological polar surface area (TPSA) is 84.6 Å². The fraction of sp³-hybridized carbons (Fsp3) is 0.154. The summed E-state index contributed by atoms with van der Waals surface area (Å²) in [6, 6.07) is 4.19. The van der Waals surface area contributed by atoms with E-state index in [-0.39, 0.29) is 27.0 Å². The van der Waals surface area contributed by atoms with E-state index in [4.69, 9.17) is 21.1 Å². The summed E-state index contributed by atoms with van der Waals surface area (Å²) in [4.78, 5) is 10.7. The minimum Gasteiger partial charge on any atom is -0.478 e. The zero-order chi connectivity index (χ0) is 15.8. The van der Waals surface area contributed by atoms with Crippen LogP contribution >= 0.6 is 11.6 Å². The van der Waals surface area contributed by atoms with Gasteiger partial charge in [-0.05, 0) is 31.2 Å². The van der Waals surface area contributed by atoms with Crippen LogP contribution < -0.4 is 0 Å². The molecule has 8 heteroatoms. The predicted octanol–water partition coefficient (Wildman–Crippen LogP) is 3.05. The number of rotatable bonds is 4. The number of halogens is 2. The average molecular weight is 333 g/mol. The molecule has 0 aliphatic rings. The van der Waals surface area contributed by atoms with E-state index in [9.17, 15) is 17.6 Å². The molecule has 1 N–H and O–H groups in total. The number of hydrogen-bond acceptors (Lipinski definition) is 4. The Morgan fingerprint density at radius 3 is 2.57 bits per heavy atom. The van der Waals surface area contributed by atoms with Crippen molar-refractivity contribution in [2.45, 2.75) is 17.6 Å². The summed E-state index contributed by atoms with van der Waals surface area (Å²) in [7, 11) is -3.82. The number of carbonyl (C=O) groups is 1. The van der Waals surface area contributed by atoms with Gasteiger partial charge in [0.05, 0.1) is 9.92 Å². The minimum absolute atomic E-state index is 0.00894. The summed E-state index contributed by atoms with van der Waals surface area (Å²) in [6.07, 6.45) is 0. The third-order valence-corrected chi connectivity index (χ3v) is 4.71. The Kier molecular flexibility index (Phi) is 4.06. The molecule has 0 amide bonds. The maximum absolute atomic E-state index is 13.0. The van der Waals surface area contributed by atoms with E-state index in [0.29, 0.717) is 0 Å². The van der Waals surface area contributed by atoms with Gasteiger partial charge in [-0.2, -0.15) is 0 Å². The summed E-state index contributed by atoms with van der Waals surface area (Å²) in [5.41, 5.74) is -0.0997. The van der Waals surface area contributed by atoms with Gasteiger partial charge in [-0.1, -0.05) is 11.6 Å². The zero-order valence-electron chi connectivity index (χ0n) is 10.8. The maximum atomic E-state index is 13.0. The summed E-state index contributed by atoms with van der Waals surface area (Å²) < 4.78 is 42.5. The molecule has 5 nitrogen and oxygen atoms in total. The van der Waals surface area contributed by atoms with E-state index in [1.165, 1.54) is 6.92 Å². The van der Waals surface area contributed by atoms with Crippen LogP contribution in [0.2, 0.25) is 5.02 Å². The van der Waals surface area contributed by atoms with Gasteiger partial charge in [0.25, 0.3) is 0 Å². The van der Waals surface area contributed by atoms with Crippen molar-refractivity contribution in [3.63, 3.8) is 0 Å². The van der Waals surface area contributed by atoms with E-state index >= 15 is 0 Å². The quantitative estimate of drug-likeness (QED) is 0.870. The van der Waals surface area contributed by atoms with Gasteiger partial charge in [0.15, 0.2) is 9.84 Å².